The van der Waals surface area contributed by atoms with Crippen molar-refractivity contribution in [3.05, 3.63) is 29.8 Å². The van der Waals surface area contributed by atoms with Gasteiger partial charge in [0.25, 0.3) is 0 Å². The zero-order valence-corrected chi connectivity index (χ0v) is 9.34. The minimum atomic E-state index is -0.153. The van der Waals surface area contributed by atoms with Crippen LogP contribution < -0.4 is 0 Å². The first-order valence-electron chi connectivity index (χ1n) is 4.64. The Hall–Kier alpha value is -1.09. The number of hydrogen-bond acceptors (Lipinski definition) is 2. The summed E-state index contributed by atoms with van der Waals surface area (Å²) in [5, 5.41) is 17.4. The maximum Gasteiger partial charge on any atom is 0.188 e. The molecule has 0 unspecified atom stereocenters. The highest BCUT2D eigenvalue weighted by Gasteiger charge is 1.95. The third-order valence-corrected chi connectivity index (χ3v) is 1.85. The van der Waals surface area contributed by atoms with Gasteiger partial charge in [0.15, 0.2) is 5.05 Å². The van der Waals surface area contributed by atoms with Crippen LogP contribution in [-0.4, -0.2) is 15.3 Å². The van der Waals surface area contributed by atoms with Gasteiger partial charge in [-0.15, -0.1) is 0 Å². The van der Waals surface area contributed by atoms with E-state index in [-0.39, 0.29) is 10.8 Å². The molecule has 0 fully saturated rings. The summed E-state index contributed by atoms with van der Waals surface area (Å²) in [5.74, 6) is 0.167. The lowest BCUT2D eigenvalue weighted by atomic mass is 10.2. The number of benzene rings is 1. The average Bonchev–Trinajstić information content (AvgIpc) is 2.19. The Balaban J connectivity index is 0.000000364. The van der Waals surface area contributed by atoms with Crippen LogP contribution in [0.15, 0.2) is 24.3 Å². The van der Waals surface area contributed by atoms with E-state index in [1.807, 2.05) is 0 Å². The van der Waals surface area contributed by atoms with E-state index in [9.17, 15) is 0 Å². The highest BCUT2D eigenvalue weighted by molar-refractivity contribution is 7.80. The van der Waals surface area contributed by atoms with Crippen LogP contribution in [0.2, 0.25) is 0 Å². The molecule has 0 atom stereocenters. The predicted molar refractivity (Wildman–Crippen MR) is 63.0 cm³/mol. The van der Waals surface area contributed by atoms with Crippen molar-refractivity contribution < 1.29 is 10.2 Å². The molecule has 78 valence electrons. The zero-order chi connectivity index (χ0) is 11.0. The van der Waals surface area contributed by atoms with Crippen molar-refractivity contribution in [1.82, 2.24) is 0 Å². The SMILES string of the molecule is CCCC.OC(=S)c1ccc(O)cc1. The van der Waals surface area contributed by atoms with Crippen molar-refractivity contribution in [1.29, 1.82) is 0 Å². The Morgan fingerprint density at radius 3 is 1.86 bits per heavy atom. The van der Waals surface area contributed by atoms with Crippen LogP contribution in [0.3, 0.4) is 0 Å². The number of aromatic hydroxyl groups is 1. The van der Waals surface area contributed by atoms with E-state index in [0.717, 1.165) is 0 Å². The topological polar surface area (TPSA) is 40.5 Å². The third kappa shape index (κ3) is 5.54. The van der Waals surface area contributed by atoms with Gasteiger partial charge in [-0.05, 0) is 36.5 Å². The number of thiocarbonyl (C=S) groups is 1. The van der Waals surface area contributed by atoms with Gasteiger partial charge in [-0.2, -0.15) is 0 Å². The highest BCUT2D eigenvalue weighted by atomic mass is 32.1. The molecule has 1 rings (SSSR count). The summed E-state index contributed by atoms with van der Waals surface area (Å²) in [6.07, 6.45) is 2.64. The molecule has 0 saturated heterocycles. The van der Waals surface area contributed by atoms with Gasteiger partial charge in [-0.25, -0.2) is 0 Å². The molecule has 0 aliphatic rings. The Morgan fingerprint density at radius 1 is 1.14 bits per heavy atom. The number of phenolic OH excluding ortho intramolecular Hbond substituents is 1. The van der Waals surface area contributed by atoms with E-state index < -0.39 is 0 Å². The summed E-state index contributed by atoms with van der Waals surface area (Å²) in [7, 11) is 0. The van der Waals surface area contributed by atoms with Gasteiger partial charge in [0.05, 0.1) is 0 Å². The van der Waals surface area contributed by atoms with Gasteiger partial charge in [0, 0.05) is 5.56 Å². The molecule has 0 aromatic heterocycles. The van der Waals surface area contributed by atoms with Crippen LogP contribution in [0.25, 0.3) is 0 Å². The predicted octanol–water partition coefficient (Wildman–Crippen LogP) is 3.43. The lowest BCUT2D eigenvalue weighted by Crippen LogP contribution is -1.91. The number of aliphatic hydroxyl groups excluding tert-OH is 1. The molecule has 3 heteroatoms. The van der Waals surface area contributed by atoms with E-state index >= 15 is 0 Å². The second-order valence-electron chi connectivity index (χ2n) is 2.85. The van der Waals surface area contributed by atoms with E-state index in [0.29, 0.717) is 5.56 Å². The molecule has 14 heavy (non-hydrogen) atoms. The molecule has 0 radical (unpaired) electrons. The summed E-state index contributed by atoms with van der Waals surface area (Å²) in [4.78, 5) is 0. The first kappa shape index (κ1) is 12.9. The van der Waals surface area contributed by atoms with Crippen LogP contribution in [0.1, 0.15) is 32.3 Å². The molecule has 0 bridgehead atoms. The molecule has 0 aliphatic carbocycles. The van der Waals surface area contributed by atoms with E-state index in [2.05, 4.69) is 26.1 Å². The van der Waals surface area contributed by atoms with Gasteiger partial charge >= 0.3 is 0 Å². The summed E-state index contributed by atoms with van der Waals surface area (Å²) in [6, 6.07) is 6.05. The number of hydrogen-bond donors (Lipinski definition) is 2. The number of phenols is 1. The molecule has 0 heterocycles. The summed E-state index contributed by atoms with van der Waals surface area (Å²) >= 11 is 4.48. The quantitative estimate of drug-likeness (QED) is 0.738. The second kappa shape index (κ2) is 7.33. The molecule has 1 aromatic carbocycles. The fourth-order valence-electron chi connectivity index (χ4n) is 0.604. The number of aliphatic hydroxyl groups is 1. The fourth-order valence-corrected chi connectivity index (χ4v) is 0.740. The zero-order valence-electron chi connectivity index (χ0n) is 8.53. The summed E-state index contributed by atoms with van der Waals surface area (Å²) in [6.45, 7) is 4.36. The van der Waals surface area contributed by atoms with Crippen molar-refractivity contribution in [3.8, 4) is 5.75 Å². The van der Waals surface area contributed by atoms with Crippen molar-refractivity contribution in [2.75, 3.05) is 0 Å². The third-order valence-electron chi connectivity index (χ3n) is 1.61. The van der Waals surface area contributed by atoms with Crippen molar-refractivity contribution in [2.24, 2.45) is 0 Å². The Morgan fingerprint density at radius 2 is 1.57 bits per heavy atom. The fraction of sp³-hybridized carbons (Fsp3) is 0.364. The first-order chi connectivity index (χ1) is 6.61. The Kier molecular flexibility index (Phi) is 6.76. The molecular weight excluding hydrogens is 196 g/mol. The van der Waals surface area contributed by atoms with Crippen LogP contribution in [0, 0.1) is 0 Å². The molecule has 2 N–H and O–H groups in total. The number of rotatable bonds is 2. The molecule has 2 nitrogen and oxygen atoms in total. The van der Waals surface area contributed by atoms with Crippen LogP contribution >= 0.6 is 12.2 Å². The molecule has 0 saturated carbocycles. The van der Waals surface area contributed by atoms with Gasteiger partial charge in [-0.1, -0.05) is 26.7 Å². The van der Waals surface area contributed by atoms with E-state index in [1.54, 1.807) is 12.1 Å². The minimum Gasteiger partial charge on any atom is -0.508 e. The maximum atomic E-state index is 8.81. The van der Waals surface area contributed by atoms with E-state index in [4.69, 9.17) is 10.2 Å². The van der Waals surface area contributed by atoms with Gasteiger partial charge in [-0.3, -0.25) is 0 Å². The standard InChI is InChI=1S/C7H6O2S.C4H10/c8-6-3-1-5(2-4-6)7(9)10;1-3-4-2/h1-4,8H,(H,9,10);3-4H2,1-2H3. The Labute approximate surface area is 90.2 Å². The van der Waals surface area contributed by atoms with Crippen LogP contribution in [0.4, 0.5) is 0 Å². The molecular formula is C11H16O2S. The summed E-state index contributed by atoms with van der Waals surface area (Å²) < 4.78 is 0. The molecule has 0 amide bonds. The second-order valence-corrected chi connectivity index (χ2v) is 3.24. The molecule has 0 aliphatic heterocycles. The molecule has 0 spiro atoms. The van der Waals surface area contributed by atoms with Gasteiger partial charge < -0.3 is 10.2 Å². The molecule has 1 aromatic rings. The minimum absolute atomic E-state index is 0.153. The normalized spacial score (nSPS) is 8.71. The number of unbranched alkanes of at least 4 members (excludes halogenated alkanes) is 1. The van der Waals surface area contributed by atoms with Crippen molar-refractivity contribution in [3.63, 3.8) is 0 Å². The van der Waals surface area contributed by atoms with Crippen LogP contribution in [-0.2, 0) is 0 Å². The lowest BCUT2D eigenvalue weighted by Gasteiger charge is -1.94. The smallest absolute Gasteiger partial charge is 0.188 e. The van der Waals surface area contributed by atoms with E-state index in [1.165, 1.54) is 25.0 Å². The highest BCUT2D eigenvalue weighted by Crippen LogP contribution is 2.09. The summed E-state index contributed by atoms with van der Waals surface area (Å²) in [5.41, 5.74) is 0.549. The largest absolute Gasteiger partial charge is 0.508 e. The van der Waals surface area contributed by atoms with Gasteiger partial charge in [0.2, 0.25) is 0 Å². The van der Waals surface area contributed by atoms with Crippen LogP contribution in [0.5, 0.6) is 5.75 Å². The maximum absolute atomic E-state index is 8.81. The lowest BCUT2D eigenvalue weighted by molar-refractivity contribution is 0.475. The monoisotopic (exact) mass is 212 g/mol. The first-order valence-corrected chi connectivity index (χ1v) is 5.05. The van der Waals surface area contributed by atoms with Crippen molar-refractivity contribution >= 4 is 17.3 Å². The van der Waals surface area contributed by atoms with Gasteiger partial charge in [0.1, 0.15) is 5.75 Å². The average molecular weight is 212 g/mol. The van der Waals surface area contributed by atoms with Crippen molar-refractivity contribution in [2.45, 2.75) is 26.7 Å². The Bertz CT molecular complexity index is 265.